The van der Waals surface area contributed by atoms with Crippen LogP contribution in [-0.2, 0) is 9.47 Å². The molecule has 0 aromatic carbocycles. The Morgan fingerprint density at radius 2 is 2.11 bits per heavy atom. The van der Waals surface area contributed by atoms with Crippen LogP contribution in [0.2, 0.25) is 0 Å². The Labute approximate surface area is 56.2 Å². The molecule has 9 heavy (non-hydrogen) atoms. The van der Waals surface area contributed by atoms with E-state index in [-0.39, 0.29) is 6.29 Å². The lowest BCUT2D eigenvalue weighted by Gasteiger charge is -2.22. The molecule has 1 saturated heterocycles. The number of hydrogen-bond acceptors (Lipinski definition) is 2. The first-order chi connectivity index (χ1) is 4.43. The first kappa shape index (κ1) is 7.03. The Balaban J connectivity index is 2.08. The van der Waals surface area contributed by atoms with Gasteiger partial charge < -0.3 is 9.47 Å². The van der Waals surface area contributed by atoms with Gasteiger partial charge in [-0.2, -0.15) is 0 Å². The molecular weight excluding hydrogens is 116 g/mol. The predicted molar refractivity (Wildman–Crippen MR) is 34.9 cm³/mol. The summed E-state index contributed by atoms with van der Waals surface area (Å²) in [5, 5.41) is 0. The highest BCUT2D eigenvalue weighted by Crippen LogP contribution is 2.08. The van der Waals surface area contributed by atoms with Gasteiger partial charge in [0.05, 0.1) is 13.2 Å². The van der Waals surface area contributed by atoms with E-state index < -0.39 is 0 Å². The molecule has 53 valence electrons. The topological polar surface area (TPSA) is 18.5 Å². The van der Waals surface area contributed by atoms with Crippen molar-refractivity contribution in [3.8, 4) is 0 Å². The first-order valence-corrected chi connectivity index (χ1v) is 3.50. The fourth-order valence-corrected chi connectivity index (χ4v) is 0.835. The van der Waals surface area contributed by atoms with Gasteiger partial charge in [0.2, 0.25) is 0 Å². The summed E-state index contributed by atoms with van der Waals surface area (Å²) < 4.78 is 10.5. The van der Waals surface area contributed by atoms with Crippen molar-refractivity contribution in [3.05, 3.63) is 6.42 Å². The summed E-state index contributed by atoms with van der Waals surface area (Å²) in [7, 11) is 0. The third kappa shape index (κ3) is 2.33. The summed E-state index contributed by atoms with van der Waals surface area (Å²) in [6.45, 7) is 3.78. The van der Waals surface area contributed by atoms with Crippen molar-refractivity contribution in [1.82, 2.24) is 0 Å². The smallest absolute Gasteiger partial charge is 0.160 e. The molecule has 1 aliphatic heterocycles. The van der Waals surface area contributed by atoms with Gasteiger partial charge in [0.15, 0.2) is 6.29 Å². The van der Waals surface area contributed by atoms with E-state index >= 15 is 0 Å². The maximum absolute atomic E-state index is 5.24. The van der Waals surface area contributed by atoms with Gasteiger partial charge in [-0.15, -0.1) is 0 Å². The molecule has 1 heterocycles. The van der Waals surface area contributed by atoms with Crippen molar-refractivity contribution < 1.29 is 9.47 Å². The quantitative estimate of drug-likeness (QED) is 0.560. The molecule has 1 fully saturated rings. The summed E-state index contributed by atoms with van der Waals surface area (Å²) in [5.74, 6) is 0. The fourth-order valence-electron chi connectivity index (χ4n) is 0.835. The lowest BCUT2D eigenvalue weighted by Crippen LogP contribution is -2.24. The van der Waals surface area contributed by atoms with E-state index in [0.29, 0.717) is 0 Å². The zero-order valence-corrected chi connectivity index (χ0v) is 5.80. The largest absolute Gasteiger partial charge is 0.352 e. The molecule has 0 N–H and O–H groups in total. The average Bonchev–Trinajstić information content (AvgIpc) is 1.91. The molecule has 0 unspecified atom stereocenters. The van der Waals surface area contributed by atoms with Crippen LogP contribution in [0.5, 0.6) is 0 Å². The van der Waals surface area contributed by atoms with Crippen LogP contribution >= 0.6 is 0 Å². The molecule has 0 atom stereocenters. The van der Waals surface area contributed by atoms with Crippen molar-refractivity contribution in [2.75, 3.05) is 13.2 Å². The van der Waals surface area contributed by atoms with E-state index in [1.165, 1.54) is 0 Å². The van der Waals surface area contributed by atoms with E-state index in [1.807, 2.05) is 6.42 Å². The molecule has 0 saturated carbocycles. The van der Waals surface area contributed by atoms with Crippen LogP contribution in [0.1, 0.15) is 19.8 Å². The van der Waals surface area contributed by atoms with Crippen molar-refractivity contribution in [3.63, 3.8) is 0 Å². The Morgan fingerprint density at radius 1 is 1.44 bits per heavy atom. The van der Waals surface area contributed by atoms with Crippen LogP contribution in [0, 0.1) is 6.42 Å². The van der Waals surface area contributed by atoms with Crippen molar-refractivity contribution in [2.45, 2.75) is 26.1 Å². The Kier molecular flexibility index (Phi) is 3.01. The molecule has 0 spiro atoms. The normalized spacial score (nSPS) is 22.3. The van der Waals surface area contributed by atoms with Crippen LogP contribution in [-0.4, -0.2) is 19.5 Å². The highest BCUT2D eigenvalue weighted by molar-refractivity contribution is 4.68. The zero-order valence-electron chi connectivity index (χ0n) is 5.80. The van der Waals surface area contributed by atoms with Gasteiger partial charge in [-0.05, 0) is 12.8 Å². The minimum atomic E-state index is -0.0243. The van der Waals surface area contributed by atoms with Crippen molar-refractivity contribution in [2.24, 2.45) is 0 Å². The third-order valence-electron chi connectivity index (χ3n) is 1.28. The van der Waals surface area contributed by atoms with E-state index in [9.17, 15) is 0 Å². The van der Waals surface area contributed by atoms with Crippen molar-refractivity contribution in [1.29, 1.82) is 0 Å². The standard InChI is InChI=1S/C7H13O2/c1-2-4-7-8-5-3-6-9-7/h4,7H,2-3,5-6H2,1H3. The van der Waals surface area contributed by atoms with Crippen LogP contribution in [0.15, 0.2) is 0 Å². The first-order valence-electron chi connectivity index (χ1n) is 3.50. The lowest BCUT2D eigenvalue weighted by atomic mass is 10.3. The summed E-state index contributed by atoms with van der Waals surface area (Å²) in [6, 6.07) is 0. The number of ether oxygens (including phenoxy) is 2. The van der Waals surface area contributed by atoms with E-state index in [1.54, 1.807) is 0 Å². The molecule has 1 aliphatic rings. The highest BCUT2D eigenvalue weighted by atomic mass is 16.7. The van der Waals surface area contributed by atoms with Crippen LogP contribution < -0.4 is 0 Å². The fraction of sp³-hybridized carbons (Fsp3) is 0.857. The van der Waals surface area contributed by atoms with Gasteiger partial charge >= 0.3 is 0 Å². The molecule has 0 aliphatic carbocycles. The molecule has 0 aromatic heterocycles. The van der Waals surface area contributed by atoms with Gasteiger partial charge in [0.25, 0.3) is 0 Å². The molecular formula is C7H13O2. The van der Waals surface area contributed by atoms with Crippen molar-refractivity contribution >= 4 is 0 Å². The van der Waals surface area contributed by atoms with E-state index in [0.717, 1.165) is 26.1 Å². The SMILES string of the molecule is CC[CH]C1OCCCO1. The van der Waals surface area contributed by atoms with Crippen LogP contribution in [0.4, 0.5) is 0 Å². The maximum Gasteiger partial charge on any atom is 0.160 e. The maximum atomic E-state index is 5.24. The second-order valence-electron chi connectivity index (χ2n) is 2.11. The van der Waals surface area contributed by atoms with Gasteiger partial charge in [0, 0.05) is 6.42 Å². The Hall–Kier alpha value is -0.0800. The van der Waals surface area contributed by atoms with Crippen LogP contribution in [0.3, 0.4) is 0 Å². The minimum absolute atomic E-state index is 0.0243. The summed E-state index contributed by atoms with van der Waals surface area (Å²) in [5.41, 5.74) is 0. The van der Waals surface area contributed by atoms with Gasteiger partial charge in [0.1, 0.15) is 0 Å². The highest BCUT2D eigenvalue weighted by Gasteiger charge is 2.11. The molecule has 0 aromatic rings. The van der Waals surface area contributed by atoms with Crippen LogP contribution in [0.25, 0.3) is 0 Å². The minimum Gasteiger partial charge on any atom is -0.352 e. The second kappa shape index (κ2) is 3.85. The lowest BCUT2D eigenvalue weighted by molar-refractivity contribution is -0.159. The number of hydrogen-bond donors (Lipinski definition) is 0. The zero-order chi connectivity index (χ0) is 6.53. The van der Waals surface area contributed by atoms with Gasteiger partial charge in [-0.25, -0.2) is 0 Å². The molecule has 0 amide bonds. The molecule has 1 radical (unpaired) electrons. The Morgan fingerprint density at radius 3 is 2.67 bits per heavy atom. The number of rotatable bonds is 2. The molecule has 2 nitrogen and oxygen atoms in total. The molecule has 2 heteroatoms. The second-order valence-corrected chi connectivity index (χ2v) is 2.11. The Bertz CT molecular complexity index is 64.6. The molecule has 1 rings (SSSR count). The van der Waals surface area contributed by atoms with Gasteiger partial charge in [-0.3, -0.25) is 0 Å². The third-order valence-corrected chi connectivity index (χ3v) is 1.28. The molecule has 0 bridgehead atoms. The summed E-state index contributed by atoms with van der Waals surface area (Å²) >= 11 is 0. The average molecular weight is 129 g/mol. The van der Waals surface area contributed by atoms with E-state index in [2.05, 4.69) is 6.92 Å². The summed E-state index contributed by atoms with van der Waals surface area (Å²) in [6.07, 6.45) is 4.07. The van der Waals surface area contributed by atoms with E-state index in [4.69, 9.17) is 9.47 Å². The predicted octanol–water partition coefficient (Wildman–Crippen LogP) is 1.36. The van der Waals surface area contributed by atoms with Gasteiger partial charge in [-0.1, -0.05) is 6.92 Å². The monoisotopic (exact) mass is 129 g/mol. The summed E-state index contributed by atoms with van der Waals surface area (Å²) in [4.78, 5) is 0.